The molecule has 0 fully saturated rings. The van der Waals surface area contributed by atoms with Crippen molar-refractivity contribution in [3.05, 3.63) is 78.1 Å². The molecule has 1 amide bonds. The number of methoxy groups -OCH3 is 1. The summed E-state index contributed by atoms with van der Waals surface area (Å²) in [5.74, 6) is 1.31. The molecule has 0 aliphatic carbocycles. The Balaban J connectivity index is 1.63. The van der Waals surface area contributed by atoms with Crippen LogP contribution in [0.2, 0.25) is 0 Å². The fraction of sp³-hybridized carbons (Fsp3) is 0.167. The lowest BCUT2D eigenvalue weighted by molar-refractivity contribution is -0.113. The van der Waals surface area contributed by atoms with Crippen LogP contribution in [0.25, 0.3) is 17.1 Å². The van der Waals surface area contributed by atoms with Gasteiger partial charge in [-0.25, -0.2) is 0 Å². The Hall–Kier alpha value is -3.65. The van der Waals surface area contributed by atoms with Gasteiger partial charge in [-0.1, -0.05) is 41.6 Å². The van der Waals surface area contributed by atoms with Crippen LogP contribution in [0.4, 0.5) is 5.69 Å². The molecule has 32 heavy (non-hydrogen) atoms. The van der Waals surface area contributed by atoms with Crippen LogP contribution < -0.4 is 10.1 Å². The normalized spacial score (nSPS) is 10.7. The fourth-order valence-corrected chi connectivity index (χ4v) is 4.13. The first-order valence-corrected chi connectivity index (χ1v) is 11.0. The van der Waals surface area contributed by atoms with Crippen molar-refractivity contribution in [1.82, 2.24) is 19.7 Å². The Morgan fingerprint density at radius 3 is 2.69 bits per heavy atom. The average Bonchev–Trinajstić information content (AvgIpc) is 3.22. The smallest absolute Gasteiger partial charge is 0.234 e. The van der Waals surface area contributed by atoms with E-state index in [4.69, 9.17) is 4.74 Å². The van der Waals surface area contributed by atoms with Gasteiger partial charge in [-0.05, 0) is 49.7 Å². The Bertz CT molecular complexity index is 1240. The molecular formula is C24H23N5O2S. The second-order valence-electron chi connectivity index (χ2n) is 7.21. The summed E-state index contributed by atoms with van der Waals surface area (Å²) >= 11 is 1.33. The lowest BCUT2D eigenvalue weighted by atomic mass is 10.1. The molecule has 1 N–H and O–H groups in total. The first kappa shape index (κ1) is 21.6. The van der Waals surface area contributed by atoms with Crippen LogP contribution in [0.3, 0.4) is 0 Å². The van der Waals surface area contributed by atoms with Gasteiger partial charge in [0.2, 0.25) is 5.91 Å². The van der Waals surface area contributed by atoms with E-state index < -0.39 is 0 Å². The molecule has 0 unspecified atom stereocenters. The lowest BCUT2D eigenvalue weighted by Crippen LogP contribution is -2.15. The van der Waals surface area contributed by atoms with Crippen LogP contribution in [0.1, 0.15) is 11.1 Å². The fourth-order valence-electron chi connectivity index (χ4n) is 3.38. The van der Waals surface area contributed by atoms with E-state index in [1.165, 1.54) is 17.3 Å². The molecule has 0 aliphatic rings. The van der Waals surface area contributed by atoms with E-state index in [2.05, 4.69) is 46.5 Å². The average molecular weight is 446 g/mol. The van der Waals surface area contributed by atoms with Gasteiger partial charge in [-0.2, -0.15) is 0 Å². The number of nitrogens with zero attached hydrogens (tertiary/aromatic N) is 4. The number of rotatable bonds is 7. The third-order valence-electron chi connectivity index (χ3n) is 4.86. The number of amides is 1. The summed E-state index contributed by atoms with van der Waals surface area (Å²) in [6.45, 7) is 4.11. The molecule has 0 atom stereocenters. The SMILES string of the molecule is COc1ccccc1NC(=O)CSc1nnc(-c2cccnc2)n1-c1ccc(C)cc1C. The maximum Gasteiger partial charge on any atom is 0.234 e. The van der Waals surface area contributed by atoms with E-state index in [0.717, 1.165) is 16.8 Å². The van der Waals surface area contributed by atoms with Gasteiger partial charge in [0.1, 0.15) is 5.75 Å². The minimum absolute atomic E-state index is 0.155. The zero-order valence-corrected chi connectivity index (χ0v) is 18.9. The highest BCUT2D eigenvalue weighted by atomic mass is 32.2. The van der Waals surface area contributed by atoms with E-state index in [9.17, 15) is 4.79 Å². The summed E-state index contributed by atoms with van der Waals surface area (Å²) in [5, 5.41) is 12.3. The number of hydrogen-bond donors (Lipinski definition) is 1. The number of benzene rings is 2. The third kappa shape index (κ3) is 4.65. The van der Waals surface area contributed by atoms with Crippen LogP contribution in [-0.4, -0.2) is 38.5 Å². The van der Waals surface area contributed by atoms with Crippen molar-refractivity contribution in [2.45, 2.75) is 19.0 Å². The Morgan fingerprint density at radius 1 is 1.09 bits per heavy atom. The maximum absolute atomic E-state index is 12.6. The van der Waals surface area contributed by atoms with Crippen LogP contribution in [0.15, 0.2) is 72.1 Å². The van der Waals surface area contributed by atoms with Gasteiger partial charge in [-0.3, -0.25) is 14.3 Å². The molecule has 8 heteroatoms. The van der Waals surface area contributed by atoms with E-state index in [-0.39, 0.29) is 11.7 Å². The number of pyridine rings is 1. The minimum atomic E-state index is -0.155. The van der Waals surface area contributed by atoms with Gasteiger partial charge in [0.05, 0.1) is 24.2 Å². The molecule has 0 saturated heterocycles. The number of para-hydroxylation sites is 2. The summed E-state index contributed by atoms with van der Waals surface area (Å²) in [4.78, 5) is 16.9. The summed E-state index contributed by atoms with van der Waals surface area (Å²) in [6, 6.07) is 17.3. The minimum Gasteiger partial charge on any atom is -0.495 e. The van der Waals surface area contributed by atoms with Crippen molar-refractivity contribution in [2.75, 3.05) is 18.2 Å². The number of ether oxygens (including phenoxy) is 1. The molecule has 0 spiro atoms. The van der Waals surface area contributed by atoms with Gasteiger partial charge in [0, 0.05) is 18.0 Å². The topological polar surface area (TPSA) is 81.9 Å². The number of nitrogens with one attached hydrogen (secondary N) is 1. The van der Waals surface area contributed by atoms with Gasteiger partial charge in [0.25, 0.3) is 0 Å². The van der Waals surface area contributed by atoms with Crippen molar-refractivity contribution in [2.24, 2.45) is 0 Å². The van der Waals surface area contributed by atoms with Crippen LogP contribution in [0, 0.1) is 13.8 Å². The molecular weight excluding hydrogens is 422 g/mol. The number of carbonyl (C=O) groups excluding carboxylic acids is 1. The van der Waals surface area contributed by atoms with Crippen LogP contribution in [0.5, 0.6) is 5.75 Å². The molecule has 0 bridgehead atoms. The molecule has 162 valence electrons. The second kappa shape index (κ2) is 9.65. The van der Waals surface area contributed by atoms with Crippen molar-refractivity contribution in [1.29, 1.82) is 0 Å². The lowest BCUT2D eigenvalue weighted by Gasteiger charge is -2.14. The molecule has 0 saturated carbocycles. The van der Waals surface area contributed by atoms with Gasteiger partial charge < -0.3 is 10.1 Å². The molecule has 2 heterocycles. The number of hydrogen-bond acceptors (Lipinski definition) is 6. The summed E-state index contributed by atoms with van der Waals surface area (Å²) in [6.07, 6.45) is 3.48. The van der Waals surface area contributed by atoms with Crippen molar-refractivity contribution in [3.63, 3.8) is 0 Å². The summed E-state index contributed by atoms with van der Waals surface area (Å²) in [5.41, 5.74) is 4.72. The maximum atomic E-state index is 12.6. The van der Waals surface area contributed by atoms with E-state index in [1.807, 2.05) is 34.9 Å². The highest BCUT2D eigenvalue weighted by molar-refractivity contribution is 7.99. The van der Waals surface area contributed by atoms with Gasteiger partial charge >= 0.3 is 0 Å². The van der Waals surface area contributed by atoms with E-state index in [1.54, 1.807) is 31.6 Å². The zero-order chi connectivity index (χ0) is 22.5. The first-order chi connectivity index (χ1) is 15.6. The molecule has 0 aliphatic heterocycles. The van der Waals surface area contributed by atoms with Gasteiger partial charge in [-0.15, -0.1) is 10.2 Å². The molecule has 4 rings (SSSR count). The second-order valence-corrected chi connectivity index (χ2v) is 8.15. The Kier molecular flexibility index (Phi) is 6.51. The Labute approximate surface area is 190 Å². The first-order valence-electron chi connectivity index (χ1n) is 10.1. The highest BCUT2D eigenvalue weighted by Crippen LogP contribution is 2.30. The number of aryl methyl sites for hydroxylation is 2. The van der Waals surface area contributed by atoms with Crippen LogP contribution in [-0.2, 0) is 4.79 Å². The quantitative estimate of drug-likeness (QED) is 0.416. The standard InChI is InChI=1S/C24H23N5O2S/c1-16-10-11-20(17(2)13-16)29-23(18-7-6-12-25-14-18)27-28-24(29)32-15-22(30)26-19-8-4-5-9-21(19)31-3/h4-14H,15H2,1-3H3,(H,26,30). The predicted octanol–water partition coefficient (Wildman–Crippen LogP) is 4.69. The molecule has 2 aromatic heterocycles. The number of anilines is 1. The zero-order valence-electron chi connectivity index (χ0n) is 18.1. The van der Waals surface area contributed by atoms with E-state index >= 15 is 0 Å². The predicted molar refractivity (Wildman–Crippen MR) is 126 cm³/mol. The van der Waals surface area contributed by atoms with Crippen molar-refractivity contribution >= 4 is 23.4 Å². The molecule has 2 aromatic carbocycles. The van der Waals surface area contributed by atoms with Crippen molar-refractivity contribution < 1.29 is 9.53 Å². The number of aromatic nitrogens is 4. The van der Waals surface area contributed by atoms with Crippen LogP contribution >= 0.6 is 11.8 Å². The number of thioether (sulfide) groups is 1. The summed E-state index contributed by atoms with van der Waals surface area (Å²) in [7, 11) is 1.58. The van der Waals surface area contributed by atoms with Crippen molar-refractivity contribution in [3.8, 4) is 22.8 Å². The highest BCUT2D eigenvalue weighted by Gasteiger charge is 2.19. The van der Waals surface area contributed by atoms with Gasteiger partial charge in [0.15, 0.2) is 11.0 Å². The largest absolute Gasteiger partial charge is 0.495 e. The monoisotopic (exact) mass is 445 g/mol. The summed E-state index contributed by atoms with van der Waals surface area (Å²) < 4.78 is 7.29. The number of carbonyl (C=O) groups is 1. The Morgan fingerprint density at radius 2 is 1.94 bits per heavy atom. The van der Waals surface area contributed by atoms with E-state index in [0.29, 0.717) is 22.4 Å². The third-order valence-corrected chi connectivity index (χ3v) is 5.79. The molecule has 4 aromatic rings. The molecule has 0 radical (unpaired) electrons. The molecule has 7 nitrogen and oxygen atoms in total.